The summed E-state index contributed by atoms with van der Waals surface area (Å²) >= 11 is 0. The number of nitrogens with zero attached hydrogens (tertiary/aromatic N) is 2. The van der Waals surface area contributed by atoms with E-state index in [2.05, 4.69) is 12.1 Å². The molecule has 1 saturated heterocycles. The van der Waals surface area contributed by atoms with Crippen molar-refractivity contribution in [3.8, 4) is 12.1 Å². The minimum atomic E-state index is -0.636. The predicted octanol–water partition coefficient (Wildman–Crippen LogP) is 1.67. The van der Waals surface area contributed by atoms with Crippen molar-refractivity contribution in [1.29, 1.82) is 10.5 Å². The van der Waals surface area contributed by atoms with E-state index in [1.165, 1.54) is 0 Å². The first kappa shape index (κ1) is 10.5. The van der Waals surface area contributed by atoms with Gasteiger partial charge in [0.15, 0.2) is 5.79 Å². The SMILES string of the molecule is CC1(C)OC2C3C=CC(C(C#N)=C3C#N)C2O1. The van der Waals surface area contributed by atoms with E-state index >= 15 is 0 Å². The highest BCUT2D eigenvalue weighted by Gasteiger charge is 2.54. The molecule has 1 heterocycles. The Hall–Kier alpha value is -1.62. The standard InChI is InChI=1S/C13H12N2O2/c1-13(2)16-11-7-3-4-8(12(11)17-13)10(6-15)9(7)5-14/h3-4,7-8,11-12H,1-2H3. The molecule has 0 spiro atoms. The molecule has 86 valence electrons. The topological polar surface area (TPSA) is 66.0 Å². The van der Waals surface area contributed by atoms with E-state index in [4.69, 9.17) is 9.47 Å². The highest BCUT2D eigenvalue weighted by atomic mass is 16.8. The molecule has 4 heteroatoms. The maximum absolute atomic E-state index is 9.18. The van der Waals surface area contributed by atoms with E-state index in [0.717, 1.165) is 0 Å². The number of nitriles is 2. The van der Waals surface area contributed by atoms with E-state index in [0.29, 0.717) is 11.1 Å². The molecule has 1 aliphatic heterocycles. The van der Waals surface area contributed by atoms with Crippen LogP contribution in [-0.4, -0.2) is 18.0 Å². The zero-order chi connectivity index (χ0) is 12.2. The first-order valence-corrected chi connectivity index (χ1v) is 5.65. The van der Waals surface area contributed by atoms with Crippen LogP contribution in [0.25, 0.3) is 0 Å². The minimum Gasteiger partial charge on any atom is -0.344 e. The molecule has 17 heavy (non-hydrogen) atoms. The molecule has 3 aliphatic carbocycles. The lowest BCUT2D eigenvalue weighted by molar-refractivity contribution is -0.148. The third kappa shape index (κ3) is 1.29. The van der Waals surface area contributed by atoms with Gasteiger partial charge in [0, 0.05) is 11.8 Å². The Balaban J connectivity index is 2.08. The zero-order valence-electron chi connectivity index (χ0n) is 9.68. The number of ether oxygens (including phenoxy) is 2. The molecule has 4 aliphatic rings. The van der Waals surface area contributed by atoms with Crippen LogP contribution in [0, 0.1) is 34.5 Å². The quantitative estimate of drug-likeness (QED) is 0.591. The minimum absolute atomic E-state index is 0.133. The zero-order valence-corrected chi connectivity index (χ0v) is 9.68. The summed E-state index contributed by atoms with van der Waals surface area (Å²) in [7, 11) is 0. The number of rotatable bonds is 0. The average molecular weight is 228 g/mol. The smallest absolute Gasteiger partial charge is 0.163 e. The molecule has 0 aromatic heterocycles. The second-order valence-corrected chi connectivity index (χ2v) is 5.05. The van der Waals surface area contributed by atoms with E-state index in [9.17, 15) is 10.5 Å². The van der Waals surface area contributed by atoms with Crippen molar-refractivity contribution in [1.82, 2.24) is 0 Å². The Morgan fingerprint density at radius 3 is 1.76 bits per heavy atom. The maximum Gasteiger partial charge on any atom is 0.163 e. The van der Waals surface area contributed by atoms with Crippen molar-refractivity contribution in [3.05, 3.63) is 23.3 Å². The van der Waals surface area contributed by atoms with Crippen LogP contribution >= 0.6 is 0 Å². The number of hydrogen-bond acceptors (Lipinski definition) is 4. The average Bonchev–Trinajstić information content (AvgIpc) is 2.64. The van der Waals surface area contributed by atoms with E-state index in [-0.39, 0.29) is 24.0 Å². The molecule has 0 radical (unpaired) electrons. The lowest BCUT2D eigenvalue weighted by atomic mass is 9.69. The van der Waals surface area contributed by atoms with Gasteiger partial charge in [-0.3, -0.25) is 0 Å². The second kappa shape index (κ2) is 3.20. The van der Waals surface area contributed by atoms with Gasteiger partial charge in [-0.1, -0.05) is 12.2 Å². The summed E-state index contributed by atoms with van der Waals surface area (Å²) < 4.78 is 11.7. The predicted molar refractivity (Wildman–Crippen MR) is 58.2 cm³/mol. The molecule has 2 bridgehead atoms. The van der Waals surface area contributed by atoms with Gasteiger partial charge in [-0.2, -0.15) is 10.5 Å². The molecule has 4 nitrogen and oxygen atoms in total. The summed E-state index contributed by atoms with van der Waals surface area (Å²) in [5.41, 5.74) is 1.09. The molecule has 0 saturated carbocycles. The van der Waals surface area contributed by atoms with Crippen molar-refractivity contribution in [2.45, 2.75) is 31.8 Å². The van der Waals surface area contributed by atoms with Gasteiger partial charge in [0.2, 0.25) is 0 Å². The first-order valence-electron chi connectivity index (χ1n) is 5.65. The van der Waals surface area contributed by atoms with Gasteiger partial charge in [0.25, 0.3) is 0 Å². The van der Waals surface area contributed by atoms with E-state index < -0.39 is 5.79 Å². The van der Waals surface area contributed by atoms with Crippen LogP contribution in [0.2, 0.25) is 0 Å². The fraction of sp³-hybridized carbons (Fsp3) is 0.538. The lowest BCUT2D eigenvalue weighted by Crippen LogP contribution is -2.44. The van der Waals surface area contributed by atoms with Gasteiger partial charge >= 0.3 is 0 Å². The Morgan fingerprint density at radius 2 is 1.41 bits per heavy atom. The first-order chi connectivity index (χ1) is 8.07. The van der Waals surface area contributed by atoms with Crippen LogP contribution < -0.4 is 0 Å². The van der Waals surface area contributed by atoms with Crippen LogP contribution in [0.1, 0.15) is 13.8 Å². The van der Waals surface area contributed by atoms with Gasteiger partial charge in [-0.15, -0.1) is 0 Å². The lowest BCUT2D eigenvalue weighted by Gasteiger charge is -2.38. The van der Waals surface area contributed by atoms with Crippen molar-refractivity contribution < 1.29 is 9.47 Å². The van der Waals surface area contributed by atoms with Crippen molar-refractivity contribution in [2.75, 3.05) is 0 Å². The van der Waals surface area contributed by atoms with Crippen LogP contribution in [0.4, 0.5) is 0 Å². The molecule has 0 N–H and O–H groups in total. The van der Waals surface area contributed by atoms with E-state index in [1.807, 2.05) is 26.0 Å². The molecule has 4 unspecified atom stereocenters. The Kier molecular flexibility index (Phi) is 1.98. The van der Waals surface area contributed by atoms with E-state index in [1.54, 1.807) is 0 Å². The molecule has 0 amide bonds. The largest absolute Gasteiger partial charge is 0.344 e. The molecule has 0 aromatic carbocycles. The van der Waals surface area contributed by atoms with Gasteiger partial charge in [0.1, 0.15) is 0 Å². The summed E-state index contributed by atoms with van der Waals surface area (Å²) in [5, 5.41) is 18.4. The van der Waals surface area contributed by atoms with Crippen LogP contribution in [0.15, 0.2) is 23.3 Å². The summed E-state index contributed by atoms with van der Waals surface area (Å²) in [4.78, 5) is 0. The Bertz CT molecular complexity index is 475. The second-order valence-electron chi connectivity index (χ2n) is 5.05. The fourth-order valence-corrected chi connectivity index (χ4v) is 2.98. The highest BCUT2D eigenvalue weighted by molar-refractivity contribution is 5.51. The van der Waals surface area contributed by atoms with Gasteiger partial charge < -0.3 is 9.47 Å². The summed E-state index contributed by atoms with van der Waals surface area (Å²) in [5.74, 6) is -0.901. The molecular formula is C13H12N2O2. The van der Waals surface area contributed by atoms with Crippen LogP contribution in [-0.2, 0) is 9.47 Å². The van der Waals surface area contributed by atoms with Crippen LogP contribution in [0.5, 0.6) is 0 Å². The summed E-state index contributed by atoms with van der Waals surface area (Å²) in [6, 6.07) is 4.29. The van der Waals surface area contributed by atoms with Crippen molar-refractivity contribution in [3.63, 3.8) is 0 Å². The Labute approximate surface area is 99.7 Å². The monoisotopic (exact) mass is 228 g/mol. The van der Waals surface area contributed by atoms with Gasteiger partial charge in [-0.25, -0.2) is 0 Å². The number of hydrogen-bond donors (Lipinski definition) is 0. The molecule has 4 atom stereocenters. The molecular weight excluding hydrogens is 216 g/mol. The molecule has 1 fully saturated rings. The van der Waals surface area contributed by atoms with Gasteiger partial charge in [-0.05, 0) is 13.8 Å². The third-order valence-electron chi connectivity index (χ3n) is 3.60. The summed E-state index contributed by atoms with van der Waals surface area (Å²) in [6.07, 6.45) is 3.67. The fourth-order valence-electron chi connectivity index (χ4n) is 2.98. The Morgan fingerprint density at radius 1 is 1.00 bits per heavy atom. The van der Waals surface area contributed by atoms with Crippen molar-refractivity contribution >= 4 is 0 Å². The normalized spacial score (nSPS) is 40.9. The molecule has 0 aromatic rings. The van der Waals surface area contributed by atoms with Crippen LogP contribution in [0.3, 0.4) is 0 Å². The molecule has 4 rings (SSSR count). The third-order valence-corrected chi connectivity index (χ3v) is 3.60. The summed E-state index contributed by atoms with van der Waals surface area (Å²) in [6.45, 7) is 3.73. The van der Waals surface area contributed by atoms with Gasteiger partial charge in [0.05, 0.1) is 35.5 Å². The maximum atomic E-state index is 9.18. The highest BCUT2D eigenvalue weighted by Crippen LogP contribution is 2.49. The van der Waals surface area contributed by atoms with Crippen molar-refractivity contribution in [2.24, 2.45) is 11.8 Å².